The van der Waals surface area contributed by atoms with Crippen molar-refractivity contribution in [1.82, 2.24) is 5.32 Å². The lowest BCUT2D eigenvalue weighted by Gasteiger charge is -2.09. The molecule has 0 aliphatic heterocycles. The Balaban J connectivity index is 2.69. The van der Waals surface area contributed by atoms with Crippen LogP contribution in [0.25, 0.3) is 0 Å². The Morgan fingerprint density at radius 1 is 1.69 bits per heavy atom. The molecule has 16 heavy (non-hydrogen) atoms. The summed E-state index contributed by atoms with van der Waals surface area (Å²) in [6.07, 6.45) is 0. The van der Waals surface area contributed by atoms with Gasteiger partial charge in [0.05, 0.1) is 5.56 Å². The Kier molecular flexibility index (Phi) is 3.97. The van der Waals surface area contributed by atoms with Gasteiger partial charge in [0.2, 0.25) is 0 Å². The van der Waals surface area contributed by atoms with Crippen LogP contribution >= 0.6 is 0 Å². The molecule has 0 aromatic heterocycles. The Labute approximate surface area is 92.3 Å². The molecule has 0 radical (unpaired) electrons. The number of benzene rings is 1. The minimum Gasteiger partial charge on any atom is -0.480 e. The van der Waals surface area contributed by atoms with Crippen LogP contribution < -0.4 is 5.32 Å². The molecule has 1 atom stereocenters. The minimum atomic E-state index is -0.956. The van der Waals surface area contributed by atoms with Crippen LogP contribution in [0.5, 0.6) is 0 Å². The molecule has 1 rings (SSSR count). The summed E-state index contributed by atoms with van der Waals surface area (Å²) in [5.41, 5.74) is 0.633. The van der Waals surface area contributed by atoms with E-state index in [1.165, 1.54) is 25.1 Å². The maximum absolute atomic E-state index is 13.0. The molecule has 0 fully saturated rings. The van der Waals surface area contributed by atoms with Gasteiger partial charge in [-0.2, -0.15) is 5.26 Å². The topological polar surface area (TPSA) is 73.1 Å². The smallest absolute Gasteiger partial charge is 0.320 e. The van der Waals surface area contributed by atoms with Crippen LogP contribution in [0.2, 0.25) is 0 Å². The molecular weight excluding hydrogens is 211 g/mol. The molecule has 1 unspecified atom stereocenters. The van der Waals surface area contributed by atoms with Crippen LogP contribution in [0.1, 0.15) is 18.1 Å². The fraction of sp³-hybridized carbons (Fsp3) is 0.273. The number of carboxylic acid groups (broad SMARTS) is 1. The highest BCUT2D eigenvalue weighted by atomic mass is 19.1. The van der Waals surface area contributed by atoms with Crippen molar-refractivity contribution in [3.05, 3.63) is 35.1 Å². The highest BCUT2D eigenvalue weighted by Gasteiger charge is 2.10. The first-order valence-corrected chi connectivity index (χ1v) is 4.69. The summed E-state index contributed by atoms with van der Waals surface area (Å²) in [5, 5.41) is 20.0. The number of nitrogens with one attached hydrogen (secondary N) is 1. The van der Waals surface area contributed by atoms with Crippen molar-refractivity contribution in [2.24, 2.45) is 0 Å². The molecule has 4 nitrogen and oxygen atoms in total. The van der Waals surface area contributed by atoms with Gasteiger partial charge in [-0.05, 0) is 24.6 Å². The molecule has 0 aliphatic rings. The first-order chi connectivity index (χ1) is 7.54. The van der Waals surface area contributed by atoms with E-state index in [0.29, 0.717) is 5.56 Å². The summed E-state index contributed by atoms with van der Waals surface area (Å²) in [6.45, 7) is 1.79. The van der Waals surface area contributed by atoms with Crippen LogP contribution in [0.3, 0.4) is 0 Å². The van der Waals surface area contributed by atoms with Crippen molar-refractivity contribution in [3.63, 3.8) is 0 Å². The van der Waals surface area contributed by atoms with Crippen molar-refractivity contribution in [2.75, 3.05) is 0 Å². The molecule has 0 amide bonds. The standard InChI is InChI=1S/C11H11FN2O2/c1-7(11(15)16)14-6-8-2-3-10(12)9(4-8)5-13/h2-4,7,14H,6H2,1H3,(H,15,16). The zero-order chi connectivity index (χ0) is 12.1. The van der Waals surface area contributed by atoms with Gasteiger partial charge >= 0.3 is 5.97 Å². The van der Waals surface area contributed by atoms with Crippen molar-refractivity contribution < 1.29 is 14.3 Å². The Bertz CT molecular complexity index is 440. The van der Waals surface area contributed by atoms with Crippen molar-refractivity contribution >= 4 is 5.97 Å². The second kappa shape index (κ2) is 5.24. The molecule has 1 aromatic rings. The van der Waals surface area contributed by atoms with E-state index >= 15 is 0 Å². The molecule has 1 aromatic carbocycles. The maximum atomic E-state index is 13.0. The van der Waals surface area contributed by atoms with Crippen LogP contribution in [0, 0.1) is 17.1 Å². The number of carboxylic acids is 1. The van der Waals surface area contributed by atoms with Gasteiger partial charge in [0.1, 0.15) is 17.9 Å². The van der Waals surface area contributed by atoms with E-state index in [-0.39, 0.29) is 12.1 Å². The lowest BCUT2D eigenvalue weighted by Crippen LogP contribution is -2.33. The predicted octanol–water partition coefficient (Wildman–Crippen LogP) is 1.26. The first-order valence-electron chi connectivity index (χ1n) is 4.69. The van der Waals surface area contributed by atoms with Crippen molar-refractivity contribution in [1.29, 1.82) is 5.26 Å². The van der Waals surface area contributed by atoms with Crippen LogP contribution in [0.15, 0.2) is 18.2 Å². The van der Waals surface area contributed by atoms with Gasteiger partial charge < -0.3 is 10.4 Å². The van der Waals surface area contributed by atoms with Gasteiger partial charge in [-0.1, -0.05) is 6.07 Å². The Morgan fingerprint density at radius 2 is 2.38 bits per heavy atom. The van der Waals surface area contributed by atoms with Gasteiger partial charge in [0.25, 0.3) is 0 Å². The molecule has 0 heterocycles. The van der Waals surface area contributed by atoms with E-state index < -0.39 is 17.8 Å². The molecule has 0 saturated heterocycles. The van der Waals surface area contributed by atoms with Crippen molar-refractivity contribution in [2.45, 2.75) is 19.5 Å². The molecule has 0 saturated carbocycles. The molecule has 84 valence electrons. The molecule has 2 N–H and O–H groups in total. The summed E-state index contributed by atoms with van der Waals surface area (Å²) in [7, 11) is 0. The van der Waals surface area contributed by atoms with Crippen molar-refractivity contribution in [3.8, 4) is 6.07 Å². The fourth-order valence-corrected chi connectivity index (χ4v) is 1.13. The van der Waals surface area contributed by atoms with Gasteiger partial charge in [-0.25, -0.2) is 4.39 Å². The van der Waals surface area contributed by atoms with Crippen LogP contribution in [-0.4, -0.2) is 17.1 Å². The van der Waals surface area contributed by atoms with Crippen LogP contribution in [-0.2, 0) is 11.3 Å². The SMILES string of the molecule is CC(NCc1ccc(F)c(C#N)c1)C(=O)O. The van der Waals surface area contributed by atoms with E-state index in [1.54, 1.807) is 6.07 Å². The summed E-state index contributed by atoms with van der Waals surface area (Å²) in [5.74, 6) is -1.53. The Hall–Kier alpha value is -1.93. The second-order valence-electron chi connectivity index (χ2n) is 3.37. The maximum Gasteiger partial charge on any atom is 0.320 e. The number of nitriles is 1. The minimum absolute atomic E-state index is 0.0396. The van der Waals surface area contributed by atoms with E-state index in [4.69, 9.17) is 10.4 Å². The molecule has 5 heteroatoms. The first kappa shape index (κ1) is 12.1. The highest BCUT2D eigenvalue weighted by Crippen LogP contribution is 2.09. The molecular formula is C11H11FN2O2. The van der Waals surface area contributed by atoms with E-state index in [0.717, 1.165) is 0 Å². The third-order valence-electron chi connectivity index (χ3n) is 2.13. The highest BCUT2D eigenvalue weighted by molar-refractivity contribution is 5.72. The largest absolute Gasteiger partial charge is 0.480 e. The number of aliphatic carboxylic acids is 1. The predicted molar refractivity (Wildman–Crippen MR) is 55.1 cm³/mol. The van der Waals surface area contributed by atoms with E-state index in [9.17, 15) is 9.18 Å². The average molecular weight is 222 g/mol. The molecule has 0 aliphatic carbocycles. The summed E-state index contributed by atoms with van der Waals surface area (Å²) < 4.78 is 13.0. The quantitative estimate of drug-likeness (QED) is 0.804. The summed E-state index contributed by atoms with van der Waals surface area (Å²) >= 11 is 0. The third kappa shape index (κ3) is 3.04. The summed E-state index contributed by atoms with van der Waals surface area (Å²) in [6, 6.07) is 5.15. The van der Waals surface area contributed by atoms with E-state index in [1.807, 2.05) is 0 Å². The van der Waals surface area contributed by atoms with Gasteiger partial charge in [-0.3, -0.25) is 4.79 Å². The molecule has 0 bridgehead atoms. The monoisotopic (exact) mass is 222 g/mol. The normalized spacial score (nSPS) is 11.8. The summed E-state index contributed by atoms with van der Waals surface area (Å²) in [4.78, 5) is 10.5. The van der Waals surface area contributed by atoms with Crippen LogP contribution in [0.4, 0.5) is 4.39 Å². The molecule has 0 spiro atoms. The third-order valence-corrected chi connectivity index (χ3v) is 2.13. The fourth-order valence-electron chi connectivity index (χ4n) is 1.13. The number of halogens is 1. The number of hydrogen-bond acceptors (Lipinski definition) is 3. The van der Waals surface area contributed by atoms with E-state index in [2.05, 4.69) is 5.32 Å². The number of nitrogens with zero attached hydrogens (tertiary/aromatic N) is 1. The zero-order valence-electron chi connectivity index (χ0n) is 8.70. The van der Waals surface area contributed by atoms with Gasteiger partial charge in [-0.15, -0.1) is 0 Å². The number of carbonyl (C=O) groups is 1. The average Bonchev–Trinajstić information content (AvgIpc) is 2.27. The van der Waals surface area contributed by atoms with Gasteiger partial charge in [0, 0.05) is 6.54 Å². The van der Waals surface area contributed by atoms with Gasteiger partial charge in [0.15, 0.2) is 0 Å². The number of hydrogen-bond donors (Lipinski definition) is 2. The lowest BCUT2D eigenvalue weighted by molar-refractivity contribution is -0.139. The Morgan fingerprint density at radius 3 is 2.94 bits per heavy atom. The number of rotatable bonds is 4. The second-order valence-corrected chi connectivity index (χ2v) is 3.37. The zero-order valence-corrected chi connectivity index (χ0v) is 8.70. The lowest BCUT2D eigenvalue weighted by atomic mass is 10.1.